The van der Waals surface area contributed by atoms with Crippen LogP contribution in [0, 0.1) is 5.92 Å². The highest BCUT2D eigenvalue weighted by atomic mass is 19.4. The number of halogens is 3. The fourth-order valence-corrected chi connectivity index (χ4v) is 3.42. The second-order valence-corrected chi connectivity index (χ2v) is 7.67. The number of pyridine rings is 1. The molecule has 0 radical (unpaired) electrons. The molecule has 0 atom stereocenters. The summed E-state index contributed by atoms with van der Waals surface area (Å²) in [7, 11) is 0. The topological polar surface area (TPSA) is 86.1 Å². The van der Waals surface area contributed by atoms with Crippen LogP contribution in [0.3, 0.4) is 0 Å². The summed E-state index contributed by atoms with van der Waals surface area (Å²) in [6.07, 6.45) is 3.24. The molecule has 1 saturated heterocycles. The first-order chi connectivity index (χ1) is 16.0. The minimum Gasteiger partial charge on any atom is -0.476 e. The lowest BCUT2D eigenvalue weighted by Gasteiger charge is -2.23. The highest BCUT2D eigenvalue weighted by Gasteiger charge is 2.35. The summed E-state index contributed by atoms with van der Waals surface area (Å²) < 4.78 is 53.2. The molecule has 2 N–H and O–H groups in total. The number of hydrogen-bond acceptors (Lipinski definition) is 7. The Hall–Kier alpha value is -3.34. The average Bonchev–Trinajstić information content (AvgIpc) is 3.32. The lowest BCUT2D eigenvalue weighted by Crippen LogP contribution is -2.24. The number of nitrogens with zero attached hydrogens (tertiary/aromatic N) is 4. The fraction of sp³-hybridized carbons (Fsp3) is 0.409. The van der Waals surface area contributed by atoms with Gasteiger partial charge in [-0.1, -0.05) is 0 Å². The molecule has 0 spiro atoms. The van der Waals surface area contributed by atoms with E-state index in [-0.39, 0.29) is 17.7 Å². The zero-order chi connectivity index (χ0) is 23.1. The zero-order valence-corrected chi connectivity index (χ0v) is 17.9. The number of hydrogen-bond donors (Lipinski definition) is 2. The fourth-order valence-electron chi connectivity index (χ4n) is 3.42. The number of alkyl halides is 3. The first kappa shape index (κ1) is 22.8. The molecule has 1 aliphatic heterocycles. The van der Waals surface area contributed by atoms with Gasteiger partial charge in [0.1, 0.15) is 18.0 Å². The van der Waals surface area contributed by atoms with Crippen LogP contribution < -0.4 is 15.4 Å². The second kappa shape index (κ2) is 10.5. The Kier molecular flexibility index (Phi) is 7.28. The summed E-state index contributed by atoms with van der Waals surface area (Å²) in [5.41, 5.74) is -0.368. The van der Waals surface area contributed by atoms with Gasteiger partial charge in [-0.3, -0.25) is 0 Å². The van der Waals surface area contributed by atoms with Gasteiger partial charge in [0.25, 0.3) is 0 Å². The molecule has 176 valence electrons. The van der Waals surface area contributed by atoms with E-state index in [1.54, 1.807) is 12.1 Å². The highest BCUT2D eigenvalue weighted by molar-refractivity contribution is 5.56. The van der Waals surface area contributed by atoms with Crippen molar-refractivity contribution in [3.8, 4) is 5.88 Å². The van der Waals surface area contributed by atoms with Crippen molar-refractivity contribution in [3.63, 3.8) is 0 Å². The maximum absolute atomic E-state index is 13.4. The van der Waals surface area contributed by atoms with E-state index in [2.05, 4.69) is 25.6 Å². The van der Waals surface area contributed by atoms with E-state index in [9.17, 15) is 13.2 Å². The van der Waals surface area contributed by atoms with Gasteiger partial charge >= 0.3 is 6.18 Å². The van der Waals surface area contributed by atoms with Crippen LogP contribution in [0.15, 0.2) is 49.1 Å². The van der Waals surface area contributed by atoms with Gasteiger partial charge in [-0.2, -0.15) is 18.2 Å². The Morgan fingerprint density at radius 1 is 1.09 bits per heavy atom. The van der Waals surface area contributed by atoms with Crippen molar-refractivity contribution >= 4 is 17.5 Å². The number of ether oxygens (including phenoxy) is 2. The molecule has 11 heteroatoms. The lowest BCUT2D eigenvalue weighted by molar-refractivity contribution is -0.137. The predicted molar refractivity (Wildman–Crippen MR) is 117 cm³/mol. The first-order valence-electron chi connectivity index (χ1n) is 10.7. The molecule has 33 heavy (non-hydrogen) atoms. The van der Waals surface area contributed by atoms with Crippen molar-refractivity contribution in [1.29, 1.82) is 0 Å². The summed E-state index contributed by atoms with van der Waals surface area (Å²) in [4.78, 5) is 12.1. The Morgan fingerprint density at radius 3 is 2.58 bits per heavy atom. The molecule has 0 saturated carbocycles. The van der Waals surface area contributed by atoms with Crippen LogP contribution in [-0.2, 0) is 17.5 Å². The lowest BCUT2D eigenvalue weighted by atomic mass is 10.0. The zero-order valence-electron chi connectivity index (χ0n) is 17.9. The van der Waals surface area contributed by atoms with Gasteiger partial charge in [0, 0.05) is 44.4 Å². The molecule has 0 aliphatic carbocycles. The average molecular weight is 462 g/mol. The summed E-state index contributed by atoms with van der Waals surface area (Å²) >= 11 is 0. The summed E-state index contributed by atoms with van der Waals surface area (Å²) in [5, 5.41) is 5.75. The molecule has 4 heterocycles. The smallest absolute Gasteiger partial charge is 0.421 e. The first-order valence-corrected chi connectivity index (χ1v) is 10.7. The van der Waals surface area contributed by atoms with Crippen LogP contribution in [0.5, 0.6) is 5.88 Å². The molecule has 0 bridgehead atoms. The van der Waals surface area contributed by atoms with Crippen LogP contribution in [-0.4, -0.2) is 45.9 Å². The molecule has 0 unspecified atom stereocenters. The van der Waals surface area contributed by atoms with Crippen molar-refractivity contribution in [2.45, 2.75) is 25.6 Å². The quantitative estimate of drug-likeness (QED) is 0.489. The van der Waals surface area contributed by atoms with E-state index in [4.69, 9.17) is 9.47 Å². The van der Waals surface area contributed by atoms with Crippen LogP contribution >= 0.6 is 0 Å². The second-order valence-electron chi connectivity index (χ2n) is 7.67. The normalized spacial score (nSPS) is 14.8. The summed E-state index contributed by atoms with van der Waals surface area (Å²) in [5.74, 6) is 0.477. The van der Waals surface area contributed by atoms with Crippen LogP contribution in [0.4, 0.5) is 30.6 Å². The van der Waals surface area contributed by atoms with E-state index < -0.39 is 11.7 Å². The molecule has 1 fully saturated rings. The SMILES string of the molecule is FC(F)(F)c1cnc(Nc2ccc(OCCn3cccc3)nc2)nc1NCC1CCOCC1. The minimum absolute atomic E-state index is 0.0422. The maximum Gasteiger partial charge on any atom is 0.421 e. The van der Waals surface area contributed by atoms with Gasteiger partial charge in [0.2, 0.25) is 11.8 Å². The third kappa shape index (κ3) is 6.58. The molecule has 0 amide bonds. The van der Waals surface area contributed by atoms with E-state index in [0.29, 0.717) is 44.5 Å². The van der Waals surface area contributed by atoms with Crippen LogP contribution in [0.2, 0.25) is 0 Å². The largest absolute Gasteiger partial charge is 0.476 e. The van der Waals surface area contributed by atoms with Gasteiger partial charge in [0.15, 0.2) is 0 Å². The van der Waals surface area contributed by atoms with Crippen molar-refractivity contribution in [3.05, 3.63) is 54.6 Å². The predicted octanol–water partition coefficient (Wildman–Crippen LogP) is 4.35. The van der Waals surface area contributed by atoms with E-state index >= 15 is 0 Å². The molecular formula is C22H25F3N6O2. The molecule has 8 nitrogen and oxygen atoms in total. The molecule has 3 aromatic rings. The Labute approximate surface area is 189 Å². The summed E-state index contributed by atoms with van der Waals surface area (Å²) in [6.45, 7) is 2.78. The van der Waals surface area contributed by atoms with E-state index in [1.807, 2.05) is 29.1 Å². The van der Waals surface area contributed by atoms with Crippen molar-refractivity contribution < 1.29 is 22.6 Å². The van der Waals surface area contributed by atoms with Crippen LogP contribution in [0.25, 0.3) is 0 Å². The standard InChI is InChI=1S/C22H25F3N6O2/c23-22(24,25)18-15-28-21(30-20(18)27-13-16-5-10-32-11-6-16)29-17-3-4-19(26-14-17)33-12-9-31-7-1-2-8-31/h1-4,7-8,14-16H,5-6,9-13H2,(H2,27,28,29,30). The van der Waals surface area contributed by atoms with Gasteiger partial charge in [-0.05, 0) is 37.0 Å². The Balaban J connectivity index is 1.38. The highest BCUT2D eigenvalue weighted by Crippen LogP contribution is 2.34. The van der Waals surface area contributed by atoms with Crippen molar-refractivity contribution in [1.82, 2.24) is 19.5 Å². The van der Waals surface area contributed by atoms with E-state index in [0.717, 1.165) is 19.0 Å². The monoisotopic (exact) mass is 462 g/mol. The molecule has 4 rings (SSSR count). The number of nitrogens with one attached hydrogen (secondary N) is 2. The third-order valence-corrected chi connectivity index (χ3v) is 5.25. The number of anilines is 3. The molecule has 1 aliphatic rings. The molecular weight excluding hydrogens is 437 g/mol. The molecule has 3 aromatic heterocycles. The van der Waals surface area contributed by atoms with Gasteiger partial charge in [0.05, 0.1) is 18.4 Å². The summed E-state index contributed by atoms with van der Waals surface area (Å²) in [6, 6.07) is 7.25. The van der Waals surface area contributed by atoms with Crippen LogP contribution in [0.1, 0.15) is 18.4 Å². The number of rotatable bonds is 9. The van der Waals surface area contributed by atoms with Gasteiger partial charge < -0.3 is 24.7 Å². The third-order valence-electron chi connectivity index (χ3n) is 5.25. The Morgan fingerprint density at radius 2 is 1.88 bits per heavy atom. The Bertz CT molecular complexity index is 1010. The minimum atomic E-state index is -4.56. The van der Waals surface area contributed by atoms with Crippen molar-refractivity contribution in [2.24, 2.45) is 5.92 Å². The van der Waals surface area contributed by atoms with Gasteiger partial charge in [-0.15, -0.1) is 0 Å². The van der Waals surface area contributed by atoms with E-state index in [1.165, 1.54) is 6.20 Å². The van der Waals surface area contributed by atoms with Gasteiger partial charge in [-0.25, -0.2) is 9.97 Å². The number of aromatic nitrogens is 4. The molecule has 0 aromatic carbocycles. The maximum atomic E-state index is 13.4. The van der Waals surface area contributed by atoms with Crippen molar-refractivity contribution in [2.75, 3.05) is 37.0 Å².